The number of rotatable bonds is 4. The summed E-state index contributed by atoms with van der Waals surface area (Å²) in [6, 6.07) is 0. The van der Waals surface area contributed by atoms with E-state index in [0.717, 1.165) is 6.08 Å². The molecule has 0 spiro atoms. The van der Waals surface area contributed by atoms with Crippen molar-refractivity contribution in [3.63, 3.8) is 0 Å². The van der Waals surface area contributed by atoms with Gasteiger partial charge in [-0.05, 0) is 25.7 Å². The second-order valence-corrected chi connectivity index (χ2v) is 4.96. The molecule has 1 saturated carbocycles. The van der Waals surface area contributed by atoms with E-state index < -0.39 is 23.3 Å². The molecule has 0 aromatic carbocycles. The van der Waals surface area contributed by atoms with Crippen LogP contribution in [-0.2, 0) is 14.4 Å². The second-order valence-electron chi connectivity index (χ2n) is 4.96. The average molecular weight is 274 g/mol. The summed E-state index contributed by atoms with van der Waals surface area (Å²) >= 11 is 0. The molecule has 5 nitrogen and oxygen atoms in total. The Morgan fingerprint density at radius 3 is 2.37 bits per heavy atom. The monoisotopic (exact) mass is 274 g/mol. The molecule has 0 saturated heterocycles. The van der Waals surface area contributed by atoms with Crippen molar-refractivity contribution in [3.05, 3.63) is 23.8 Å². The molecular formula is C13H15NaO5. The summed E-state index contributed by atoms with van der Waals surface area (Å²) in [5.74, 6) is -2.90. The van der Waals surface area contributed by atoms with Gasteiger partial charge in [0, 0.05) is 17.4 Å². The van der Waals surface area contributed by atoms with E-state index in [9.17, 15) is 19.5 Å². The van der Waals surface area contributed by atoms with Crippen molar-refractivity contribution >= 4 is 47.3 Å². The van der Waals surface area contributed by atoms with E-state index in [1.54, 1.807) is 6.08 Å². The normalized spacial score (nSPS) is 31.9. The molecule has 0 amide bonds. The first-order valence-corrected chi connectivity index (χ1v) is 5.75. The Hall–Kier alpha value is -0.910. The van der Waals surface area contributed by atoms with Crippen LogP contribution in [0.15, 0.2) is 23.8 Å². The number of fused-ring (bicyclic) bond motifs is 2. The Morgan fingerprint density at radius 2 is 1.95 bits per heavy atom. The van der Waals surface area contributed by atoms with Crippen LogP contribution >= 0.6 is 0 Å². The molecule has 3 atom stereocenters. The summed E-state index contributed by atoms with van der Waals surface area (Å²) in [5.41, 5.74) is -1.12. The summed E-state index contributed by atoms with van der Waals surface area (Å²) in [6.45, 7) is 1.43. The standard InChI is InChI=1S/C13H14O5.Na.H/c1-7(14)9-4-8-2-3-13(9,6-8)10(12(17)18)5-11(15)16;;/h2-3,5,8-9H,4,6H2,1H3,(H,15,16)(H,17,18);;/b10-5+;;. The predicted molar refractivity (Wildman–Crippen MR) is 69.0 cm³/mol. The fourth-order valence-corrected chi connectivity index (χ4v) is 3.25. The van der Waals surface area contributed by atoms with Crippen LogP contribution in [0.25, 0.3) is 0 Å². The number of carboxylic acid groups (broad SMARTS) is 2. The van der Waals surface area contributed by atoms with Crippen molar-refractivity contribution in [2.45, 2.75) is 19.8 Å². The molecular weight excluding hydrogens is 259 g/mol. The summed E-state index contributed by atoms with van der Waals surface area (Å²) in [5, 5.41) is 18.0. The van der Waals surface area contributed by atoms with Crippen molar-refractivity contribution in [3.8, 4) is 0 Å². The zero-order valence-corrected chi connectivity index (χ0v) is 9.92. The number of Topliss-reactive ketones (excluding diaryl/α,β-unsaturated/α-hetero) is 1. The minimum absolute atomic E-state index is 0. The molecule has 0 heterocycles. The summed E-state index contributed by atoms with van der Waals surface area (Å²) in [7, 11) is 0. The zero-order valence-electron chi connectivity index (χ0n) is 9.92. The third kappa shape index (κ3) is 2.68. The molecule has 2 bridgehead atoms. The van der Waals surface area contributed by atoms with E-state index in [1.165, 1.54) is 6.92 Å². The Morgan fingerprint density at radius 1 is 1.32 bits per heavy atom. The van der Waals surface area contributed by atoms with Crippen molar-refractivity contribution < 1.29 is 24.6 Å². The van der Waals surface area contributed by atoms with E-state index in [-0.39, 0.29) is 46.8 Å². The third-order valence-corrected chi connectivity index (χ3v) is 3.92. The third-order valence-electron chi connectivity index (χ3n) is 3.92. The quantitative estimate of drug-likeness (QED) is 0.445. The SMILES string of the molecule is CC(=O)C1CC2C=CC1(/C(=C/C(=O)O)C(=O)O)C2.[NaH]. The molecule has 98 valence electrons. The Labute approximate surface area is 132 Å². The van der Waals surface area contributed by atoms with Crippen molar-refractivity contribution in [1.29, 1.82) is 0 Å². The summed E-state index contributed by atoms with van der Waals surface area (Å²) in [6.07, 6.45) is 5.43. The number of ketones is 1. The first-order valence-electron chi connectivity index (χ1n) is 5.75. The zero-order chi connectivity index (χ0) is 13.5. The number of carbonyl (C=O) groups is 3. The Kier molecular flexibility index (Phi) is 4.76. The second kappa shape index (κ2) is 5.61. The molecule has 2 aliphatic rings. The summed E-state index contributed by atoms with van der Waals surface area (Å²) in [4.78, 5) is 33.7. The van der Waals surface area contributed by atoms with Crippen LogP contribution in [0, 0.1) is 17.3 Å². The van der Waals surface area contributed by atoms with Gasteiger partial charge < -0.3 is 10.2 Å². The fourth-order valence-electron chi connectivity index (χ4n) is 3.25. The fraction of sp³-hybridized carbons (Fsp3) is 0.462. The Bertz CT molecular complexity index is 493. The van der Waals surface area contributed by atoms with Gasteiger partial charge in [-0.1, -0.05) is 12.2 Å². The molecule has 2 N–H and O–H groups in total. The molecule has 3 unspecified atom stereocenters. The van der Waals surface area contributed by atoms with Gasteiger partial charge in [-0.2, -0.15) is 0 Å². The summed E-state index contributed by atoms with van der Waals surface area (Å²) < 4.78 is 0. The molecule has 0 aromatic heterocycles. The van der Waals surface area contributed by atoms with Gasteiger partial charge >= 0.3 is 41.5 Å². The van der Waals surface area contributed by atoms with Gasteiger partial charge in [0.1, 0.15) is 5.78 Å². The van der Waals surface area contributed by atoms with Crippen LogP contribution < -0.4 is 0 Å². The number of carbonyl (C=O) groups excluding carboxylic acids is 1. The number of aliphatic carboxylic acids is 2. The van der Waals surface area contributed by atoms with Crippen LogP contribution in [0.3, 0.4) is 0 Å². The molecule has 6 heteroatoms. The van der Waals surface area contributed by atoms with Gasteiger partial charge in [-0.15, -0.1) is 0 Å². The maximum atomic E-state index is 11.7. The molecule has 0 aromatic rings. The number of hydrogen-bond acceptors (Lipinski definition) is 3. The first-order chi connectivity index (χ1) is 8.36. The molecule has 0 aliphatic heterocycles. The van der Waals surface area contributed by atoms with Gasteiger partial charge in [-0.3, -0.25) is 4.79 Å². The van der Waals surface area contributed by atoms with Crippen molar-refractivity contribution in [2.24, 2.45) is 17.3 Å². The maximum absolute atomic E-state index is 11.7. The average Bonchev–Trinajstić information content (AvgIpc) is 2.83. The van der Waals surface area contributed by atoms with Crippen LogP contribution in [-0.4, -0.2) is 57.5 Å². The number of carboxylic acids is 2. The molecule has 1 fully saturated rings. The van der Waals surface area contributed by atoms with Crippen molar-refractivity contribution in [2.75, 3.05) is 0 Å². The van der Waals surface area contributed by atoms with Crippen LogP contribution in [0.2, 0.25) is 0 Å². The molecule has 19 heavy (non-hydrogen) atoms. The van der Waals surface area contributed by atoms with Gasteiger partial charge in [0.25, 0.3) is 0 Å². The van der Waals surface area contributed by atoms with Crippen molar-refractivity contribution in [1.82, 2.24) is 0 Å². The predicted octanol–water partition coefficient (Wildman–Crippen LogP) is 0.605. The number of allylic oxidation sites excluding steroid dienone is 2. The first kappa shape index (κ1) is 16.1. The van der Waals surface area contributed by atoms with E-state index in [2.05, 4.69) is 0 Å². The van der Waals surface area contributed by atoms with Gasteiger partial charge in [0.2, 0.25) is 0 Å². The molecule has 2 aliphatic carbocycles. The van der Waals surface area contributed by atoms with E-state index in [4.69, 9.17) is 5.11 Å². The van der Waals surface area contributed by atoms with Crippen LogP contribution in [0.1, 0.15) is 19.8 Å². The van der Waals surface area contributed by atoms with E-state index in [1.807, 2.05) is 6.08 Å². The minimum atomic E-state index is -1.30. The van der Waals surface area contributed by atoms with Crippen LogP contribution in [0.4, 0.5) is 0 Å². The van der Waals surface area contributed by atoms with Gasteiger partial charge in [-0.25, -0.2) is 9.59 Å². The number of hydrogen-bond donors (Lipinski definition) is 2. The van der Waals surface area contributed by atoms with Gasteiger partial charge in [0.15, 0.2) is 0 Å². The molecule has 0 radical (unpaired) electrons. The Balaban J connectivity index is 0.00000180. The molecule has 2 rings (SSSR count). The van der Waals surface area contributed by atoms with E-state index in [0.29, 0.717) is 12.8 Å². The van der Waals surface area contributed by atoms with Crippen LogP contribution in [0.5, 0.6) is 0 Å². The van der Waals surface area contributed by atoms with Gasteiger partial charge in [0.05, 0.1) is 5.57 Å². The topological polar surface area (TPSA) is 91.7 Å². The van der Waals surface area contributed by atoms with E-state index >= 15 is 0 Å².